The molecular weight excluding hydrogens is 596 g/mol. The second-order valence-electron chi connectivity index (χ2n) is 11.0. The molecular formula is C34H34N2O8S. The minimum absolute atomic E-state index is 0.0792. The molecule has 1 amide bonds. The van der Waals surface area contributed by atoms with E-state index in [1.165, 1.54) is 16.2 Å². The first-order chi connectivity index (χ1) is 21.8. The second kappa shape index (κ2) is 12.7. The summed E-state index contributed by atoms with van der Waals surface area (Å²) in [4.78, 5) is 33.7. The van der Waals surface area contributed by atoms with Crippen LogP contribution in [0.15, 0.2) is 60.2 Å². The number of hydrogen-bond acceptors (Lipinski definition) is 10. The van der Waals surface area contributed by atoms with Crippen LogP contribution in [-0.4, -0.2) is 55.3 Å². The van der Waals surface area contributed by atoms with Crippen molar-refractivity contribution < 1.29 is 38.4 Å². The monoisotopic (exact) mass is 630 g/mol. The smallest absolute Gasteiger partial charge is 0.301 e. The summed E-state index contributed by atoms with van der Waals surface area (Å²) < 4.78 is 29.5. The van der Waals surface area contributed by atoms with E-state index >= 15 is 0 Å². The number of methoxy groups -OCH3 is 1. The number of rotatable bonds is 10. The Hall–Kier alpha value is -4.77. The minimum atomic E-state index is -1.01. The lowest BCUT2D eigenvalue weighted by atomic mass is 9.95. The van der Waals surface area contributed by atoms with Crippen LogP contribution in [0, 0.1) is 5.92 Å². The molecule has 2 aliphatic rings. The number of aliphatic hydroxyl groups is 1. The van der Waals surface area contributed by atoms with E-state index in [2.05, 4.69) is 13.8 Å². The molecule has 1 aromatic heterocycles. The van der Waals surface area contributed by atoms with Crippen LogP contribution in [0.25, 0.3) is 16.0 Å². The predicted octanol–water partition coefficient (Wildman–Crippen LogP) is 6.53. The molecule has 1 fully saturated rings. The number of carbonyl (C=O) groups excluding carboxylic acids is 2. The van der Waals surface area contributed by atoms with Crippen molar-refractivity contribution in [1.29, 1.82) is 0 Å². The zero-order chi connectivity index (χ0) is 31.7. The molecule has 1 saturated heterocycles. The number of anilines is 1. The molecule has 234 valence electrons. The molecule has 3 aromatic carbocycles. The molecule has 1 N–H and O–H groups in total. The number of ether oxygens (including phenoxy) is 5. The maximum atomic E-state index is 13.8. The Morgan fingerprint density at radius 3 is 2.58 bits per heavy atom. The van der Waals surface area contributed by atoms with Crippen LogP contribution in [-0.2, 0) is 9.59 Å². The SMILES string of the molecule is CCOc1cc(C2/C(=C(/O)c3ccc4c(c3)OCCO4)C(=O)C(=O)N2c2nc3ccc(OC)cc3s2)ccc1OCCC(C)C. The lowest BCUT2D eigenvalue weighted by Crippen LogP contribution is -2.29. The van der Waals surface area contributed by atoms with Gasteiger partial charge in [0.05, 0.1) is 42.2 Å². The van der Waals surface area contributed by atoms with Gasteiger partial charge in [-0.3, -0.25) is 14.5 Å². The first-order valence-corrected chi connectivity index (χ1v) is 15.7. The van der Waals surface area contributed by atoms with Gasteiger partial charge in [-0.1, -0.05) is 31.3 Å². The summed E-state index contributed by atoms with van der Waals surface area (Å²) in [6.07, 6.45) is 0.866. The van der Waals surface area contributed by atoms with Crippen LogP contribution < -0.4 is 28.6 Å². The molecule has 45 heavy (non-hydrogen) atoms. The average molecular weight is 631 g/mol. The maximum absolute atomic E-state index is 13.8. The number of aliphatic hydroxyl groups excluding tert-OH is 1. The fraction of sp³-hybridized carbons (Fsp3) is 0.324. The van der Waals surface area contributed by atoms with E-state index in [1.807, 2.05) is 13.0 Å². The summed E-state index contributed by atoms with van der Waals surface area (Å²) in [5.41, 5.74) is 1.43. The molecule has 0 saturated carbocycles. The first kappa shape index (κ1) is 30.3. The highest BCUT2D eigenvalue weighted by atomic mass is 32.1. The Morgan fingerprint density at radius 1 is 1.02 bits per heavy atom. The van der Waals surface area contributed by atoms with Crippen LogP contribution in [0.4, 0.5) is 5.13 Å². The Kier molecular flexibility index (Phi) is 8.53. The molecule has 3 heterocycles. The summed E-state index contributed by atoms with van der Waals surface area (Å²) in [5.74, 6) is 1.13. The molecule has 1 atom stereocenters. The van der Waals surface area contributed by atoms with Crippen LogP contribution in [0.1, 0.15) is 44.4 Å². The predicted molar refractivity (Wildman–Crippen MR) is 171 cm³/mol. The van der Waals surface area contributed by atoms with Gasteiger partial charge in [0, 0.05) is 5.56 Å². The van der Waals surface area contributed by atoms with E-state index in [0.717, 1.165) is 11.1 Å². The van der Waals surface area contributed by atoms with E-state index in [-0.39, 0.29) is 11.3 Å². The Balaban J connectivity index is 1.50. The minimum Gasteiger partial charge on any atom is -0.507 e. The summed E-state index contributed by atoms with van der Waals surface area (Å²) in [6.45, 7) is 7.77. The molecule has 0 spiro atoms. The largest absolute Gasteiger partial charge is 0.507 e. The number of fused-ring (bicyclic) bond motifs is 2. The van der Waals surface area contributed by atoms with Gasteiger partial charge in [-0.15, -0.1) is 0 Å². The Labute approximate surface area is 264 Å². The number of aromatic nitrogens is 1. The first-order valence-electron chi connectivity index (χ1n) is 14.8. The van der Waals surface area contributed by atoms with E-state index in [9.17, 15) is 14.7 Å². The third-order valence-electron chi connectivity index (χ3n) is 7.59. The topological polar surface area (TPSA) is 117 Å². The molecule has 4 aromatic rings. The van der Waals surface area contributed by atoms with Crippen molar-refractivity contribution >= 4 is 44.1 Å². The van der Waals surface area contributed by atoms with Gasteiger partial charge < -0.3 is 28.8 Å². The zero-order valence-corrected chi connectivity index (χ0v) is 26.3. The summed E-state index contributed by atoms with van der Waals surface area (Å²) in [6, 6.07) is 14.6. The van der Waals surface area contributed by atoms with E-state index in [1.54, 1.807) is 55.6 Å². The number of amides is 1. The fourth-order valence-electron chi connectivity index (χ4n) is 5.30. The number of carbonyl (C=O) groups is 2. The van der Waals surface area contributed by atoms with Crippen molar-refractivity contribution in [3.63, 3.8) is 0 Å². The van der Waals surface area contributed by atoms with Gasteiger partial charge in [0.15, 0.2) is 28.1 Å². The number of hydrogen-bond donors (Lipinski definition) is 1. The lowest BCUT2D eigenvalue weighted by Gasteiger charge is -2.24. The molecule has 1 unspecified atom stereocenters. The Bertz CT molecular complexity index is 1800. The average Bonchev–Trinajstić information content (AvgIpc) is 3.58. The van der Waals surface area contributed by atoms with Crippen molar-refractivity contribution in [1.82, 2.24) is 4.98 Å². The maximum Gasteiger partial charge on any atom is 0.301 e. The second-order valence-corrected chi connectivity index (χ2v) is 12.0. The summed E-state index contributed by atoms with van der Waals surface area (Å²) in [5, 5.41) is 12.0. The molecule has 0 radical (unpaired) electrons. The van der Waals surface area contributed by atoms with Crippen molar-refractivity contribution in [2.45, 2.75) is 33.2 Å². The Morgan fingerprint density at radius 2 is 1.82 bits per heavy atom. The quantitative estimate of drug-likeness (QED) is 0.119. The molecule has 11 heteroatoms. The molecule has 10 nitrogen and oxygen atoms in total. The third kappa shape index (κ3) is 5.87. The highest BCUT2D eigenvalue weighted by Gasteiger charge is 2.48. The van der Waals surface area contributed by atoms with Crippen LogP contribution >= 0.6 is 11.3 Å². The van der Waals surface area contributed by atoms with E-state index in [4.69, 9.17) is 28.7 Å². The number of benzene rings is 3. The van der Waals surface area contributed by atoms with Gasteiger partial charge in [0.1, 0.15) is 24.7 Å². The van der Waals surface area contributed by atoms with Gasteiger partial charge >= 0.3 is 5.91 Å². The lowest BCUT2D eigenvalue weighted by molar-refractivity contribution is -0.132. The van der Waals surface area contributed by atoms with Crippen LogP contribution in [0.3, 0.4) is 0 Å². The highest BCUT2D eigenvalue weighted by Crippen LogP contribution is 2.47. The van der Waals surface area contributed by atoms with Gasteiger partial charge in [-0.05, 0) is 73.4 Å². The fourth-order valence-corrected chi connectivity index (χ4v) is 6.32. The summed E-state index contributed by atoms with van der Waals surface area (Å²) in [7, 11) is 1.58. The van der Waals surface area contributed by atoms with E-state index in [0.29, 0.717) is 82.9 Å². The van der Waals surface area contributed by atoms with Gasteiger partial charge in [0.2, 0.25) is 0 Å². The van der Waals surface area contributed by atoms with Crippen LogP contribution in [0.2, 0.25) is 0 Å². The molecule has 0 bridgehead atoms. The van der Waals surface area contributed by atoms with Crippen molar-refractivity contribution in [3.8, 4) is 28.7 Å². The zero-order valence-electron chi connectivity index (χ0n) is 25.5. The number of thiazole rings is 1. The van der Waals surface area contributed by atoms with Crippen molar-refractivity contribution in [2.75, 3.05) is 38.4 Å². The standard InChI is InChI=1S/C34H34N2O8S/c1-5-41-26-16-20(6-10-24(26)42-13-12-19(2)3)30-29(31(37)21-7-11-25-27(17-21)44-15-14-43-25)32(38)33(39)36(30)34-35-23-9-8-22(40-4)18-28(23)45-34/h6-11,16-19,30,37H,5,12-15H2,1-4H3/b31-29-. The summed E-state index contributed by atoms with van der Waals surface area (Å²) >= 11 is 1.25. The third-order valence-corrected chi connectivity index (χ3v) is 8.60. The number of ketones is 1. The van der Waals surface area contributed by atoms with Crippen molar-refractivity contribution in [2.24, 2.45) is 5.92 Å². The molecule has 2 aliphatic heterocycles. The molecule has 6 rings (SSSR count). The van der Waals surface area contributed by atoms with Crippen LogP contribution in [0.5, 0.6) is 28.7 Å². The molecule has 0 aliphatic carbocycles. The van der Waals surface area contributed by atoms with Gasteiger partial charge in [-0.2, -0.15) is 0 Å². The van der Waals surface area contributed by atoms with Crippen molar-refractivity contribution in [3.05, 3.63) is 71.3 Å². The highest BCUT2D eigenvalue weighted by molar-refractivity contribution is 7.22. The normalized spacial score (nSPS) is 17.3. The number of Topliss-reactive ketones (excluding diaryl/α,β-unsaturated/α-hetero) is 1. The number of nitrogens with zero attached hydrogens (tertiary/aromatic N) is 2. The van der Waals surface area contributed by atoms with E-state index < -0.39 is 17.7 Å². The van der Waals surface area contributed by atoms with Gasteiger partial charge in [-0.25, -0.2) is 4.98 Å². The van der Waals surface area contributed by atoms with Gasteiger partial charge in [0.25, 0.3) is 5.78 Å².